The van der Waals surface area contributed by atoms with Gasteiger partial charge in [-0.25, -0.2) is 0 Å². The highest BCUT2D eigenvalue weighted by Gasteiger charge is 2.06. The minimum Gasteiger partial charge on any atom is -0.338 e. The lowest BCUT2D eigenvalue weighted by Crippen LogP contribution is -2.21. The first-order valence-electron chi connectivity index (χ1n) is 7.44. The minimum absolute atomic E-state index is 0.497. The molecule has 114 valence electrons. The first-order valence-corrected chi connectivity index (χ1v) is 8.42. The molecule has 0 amide bonds. The van der Waals surface area contributed by atoms with Gasteiger partial charge in [0.25, 0.3) is 0 Å². The van der Waals surface area contributed by atoms with Gasteiger partial charge < -0.3 is 9.84 Å². The number of hydrogen-bond donors (Lipinski definition) is 1. The van der Waals surface area contributed by atoms with E-state index in [1.54, 1.807) is 11.8 Å². The predicted octanol–water partition coefficient (Wildman–Crippen LogP) is 3.81. The molecule has 0 unspecified atom stereocenters. The number of benzene rings is 1. The van der Waals surface area contributed by atoms with Gasteiger partial charge in [0.2, 0.25) is 5.89 Å². The van der Waals surface area contributed by atoms with Gasteiger partial charge >= 0.3 is 0 Å². The molecule has 2 rings (SSSR count). The molecule has 0 fully saturated rings. The Kier molecular flexibility index (Phi) is 6.26. The molecule has 0 bridgehead atoms. The zero-order valence-electron chi connectivity index (χ0n) is 12.9. The van der Waals surface area contributed by atoms with Gasteiger partial charge in [-0.05, 0) is 24.1 Å². The SMILES string of the molecule is CCCc1noc(CSc2cccc(CNC(C)C)c2)n1. The summed E-state index contributed by atoms with van der Waals surface area (Å²) in [5.41, 5.74) is 1.30. The summed E-state index contributed by atoms with van der Waals surface area (Å²) < 4.78 is 5.25. The highest BCUT2D eigenvalue weighted by Crippen LogP contribution is 2.23. The van der Waals surface area contributed by atoms with Crippen LogP contribution in [0, 0.1) is 0 Å². The van der Waals surface area contributed by atoms with Crippen LogP contribution in [-0.2, 0) is 18.7 Å². The quantitative estimate of drug-likeness (QED) is 0.752. The monoisotopic (exact) mass is 305 g/mol. The molecule has 1 heterocycles. The summed E-state index contributed by atoms with van der Waals surface area (Å²) in [4.78, 5) is 5.62. The molecule has 4 nitrogen and oxygen atoms in total. The summed E-state index contributed by atoms with van der Waals surface area (Å²) in [6.45, 7) is 7.32. The molecule has 1 aromatic heterocycles. The lowest BCUT2D eigenvalue weighted by atomic mass is 10.2. The van der Waals surface area contributed by atoms with Crippen LogP contribution in [0.3, 0.4) is 0 Å². The van der Waals surface area contributed by atoms with E-state index in [0.717, 1.165) is 31.0 Å². The number of aryl methyl sites for hydroxylation is 1. The largest absolute Gasteiger partial charge is 0.338 e. The second kappa shape index (κ2) is 8.20. The fourth-order valence-electron chi connectivity index (χ4n) is 1.89. The van der Waals surface area contributed by atoms with Crippen LogP contribution >= 0.6 is 11.8 Å². The Labute approximate surface area is 130 Å². The fourth-order valence-corrected chi connectivity index (χ4v) is 2.70. The summed E-state index contributed by atoms with van der Waals surface area (Å²) >= 11 is 1.73. The van der Waals surface area contributed by atoms with Gasteiger partial charge in [-0.2, -0.15) is 4.98 Å². The molecule has 0 saturated heterocycles. The van der Waals surface area contributed by atoms with Gasteiger partial charge in [0.15, 0.2) is 5.82 Å². The van der Waals surface area contributed by atoms with Crippen molar-refractivity contribution in [2.75, 3.05) is 0 Å². The van der Waals surface area contributed by atoms with Gasteiger partial charge in [-0.15, -0.1) is 11.8 Å². The number of nitrogens with one attached hydrogen (secondary N) is 1. The van der Waals surface area contributed by atoms with E-state index >= 15 is 0 Å². The molecule has 5 heteroatoms. The smallest absolute Gasteiger partial charge is 0.237 e. The second-order valence-electron chi connectivity index (χ2n) is 5.33. The van der Waals surface area contributed by atoms with Gasteiger partial charge in [-0.3, -0.25) is 0 Å². The van der Waals surface area contributed by atoms with Crippen molar-refractivity contribution in [2.45, 2.75) is 56.8 Å². The van der Waals surface area contributed by atoms with Crippen LogP contribution in [-0.4, -0.2) is 16.2 Å². The van der Waals surface area contributed by atoms with E-state index in [4.69, 9.17) is 4.52 Å². The van der Waals surface area contributed by atoms with Crippen LogP contribution < -0.4 is 5.32 Å². The summed E-state index contributed by atoms with van der Waals surface area (Å²) in [6.07, 6.45) is 1.92. The molecule has 1 aromatic carbocycles. The van der Waals surface area contributed by atoms with Crippen LogP contribution in [0.5, 0.6) is 0 Å². The van der Waals surface area contributed by atoms with Crippen molar-refractivity contribution in [3.8, 4) is 0 Å². The average Bonchev–Trinajstić information content (AvgIpc) is 2.92. The maximum atomic E-state index is 5.25. The number of nitrogens with zero attached hydrogens (tertiary/aromatic N) is 2. The summed E-state index contributed by atoms with van der Waals surface area (Å²) in [5.74, 6) is 2.23. The van der Waals surface area contributed by atoms with E-state index < -0.39 is 0 Å². The van der Waals surface area contributed by atoms with E-state index in [1.165, 1.54) is 10.5 Å². The van der Waals surface area contributed by atoms with E-state index in [2.05, 4.69) is 60.5 Å². The predicted molar refractivity (Wildman–Crippen MR) is 86.3 cm³/mol. The van der Waals surface area contributed by atoms with Crippen LogP contribution in [0.15, 0.2) is 33.7 Å². The standard InChI is InChI=1S/C16H23N3OS/c1-4-6-15-18-16(20-19-15)11-21-14-8-5-7-13(9-14)10-17-12(2)3/h5,7-9,12,17H,4,6,10-11H2,1-3H3. The van der Waals surface area contributed by atoms with Crippen molar-refractivity contribution in [1.82, 2.24) is 15.5 Å². The van der Waals surface area contributed by atoms with Gasteiger partial charge in [0.1, 0.15) is 0 Å². The molecule has 0 radical (unpaired) electrons. The fraction of sp³-hybridized carbons (Fsp3) is 0.500. The first-order chi connectivity index (χ1) is 10.2. The van der Waals surface area contributed by atoms with Crippen molar-refractivity contribution in [1.29, 1.82) is 0 Å². The second-order valence-corrected chi connectivity index (χ2v) is 6.37. The summed E-state index contributed by atoms with van der Waals surface area (Å²) in [7, 11) is 0. The Morgan fingerprint density at radius 2 is 2.19 bits per heavy atom. The number of hydrogen-bond acceptors (Lipinski definition) is 5. The Morgan fingerprint density at radius 3 is 2.95 bits per heavy atom. The third kappa shape index (κ3) is 5.52. The maximum Gasteiger partial charge on any atom is 0.237 e. The third-order valence-corrected chi connectivity index (χ3v) is 3.94. The number of thioether (sulfide) groups is 1. The summed E-state index contributed by atoms with van der Waals surface area (Å²) in [6, 6.07) is 9.06. The molecule has 2 aromatic rings. The number of aromatic nitrogens is 2. The highest BCUT2D eigenvalue weighted by molar-refractivity contribution is 7.98. The van der Waals surface area contributed by atoms with Gasteiger partial charge in [0, 0.05) is 23.9 Å². The Morgan fingerprint density at radius 1 is 1.33 bits per heavy atom. The summed E-state index contributed by atoms with van der Waals surface area (Å²) in [5, 5.41) is 7.41. The zero-order chi connectivity index (χ0) is 15.1. The molecule has 0 spiro atoms. The Hall–Kier alpha value is -1.33. The molecule has 0 aliphatic carbocycles. The van der Waals surface area contributed by atoms with E-state index in [-0.39, 0.29) is 0 Å². The average molecular weight is 305 g/mol. The van der Waals surface area contributed by atoms with Gasteiger partial charge in [0.05, 0.1) is 5.75 Å². The normalized spacial score (nSPS) is 11.2. The zero-order valence-corrected chi connectivity index (χ0v) is 13.7. The van der Waals surface area contributed by atoms with E-state index in [0.29, 0.717) is 11.9 Å². The van der Waals surface area contributed by atoms with Crippen molar-refractivity contribution in [3.63, 3.8) is 0 Å². The Balaban J connectivity index is 1.88. The molecular weight excluding hydrogens is 282 g/mol. The lowest BCUT2D eigenvalue weighted by Gasteiger charge is -2.09. The first kappa shape index (κ1) is 16.0. The van der Waals surface area contributed by atoms with Crippen LogP contribution in [0.4, 0.5) is 0 Å². The number of rotatable bonds is 8. The van der Waals surface area contributed by atoms with Crippen LogP contribution in [0.25, 0.3) is 0 Å². The lowest BCUT2D eigenvalue weighted by molar-refractivity contribution is 0.384. The molecule has 0 atom stereocenters. The third-order valence-electron chi connectivity index (χ3n) is 2.96. The van der Waals surface area contributed by atoms with Crippen molar-refractivity contribution < 1.29 is 4.52 Å². The minimum atomic E-state index is 0.497. The molecule has 1 N–H and O–H groups in total. The Bertz CT molecular complexity index is 554. The topological polar surface area (TPSA) is 51.0 Å². The van der Waals surface area contributed by atoms with Crippen molar-refractivity contribution in [3.05, 3.63) is 41.5 Å². The highest BCUT2D eigenvalue weighted by atomic mass is 32.2. The molecule has 0 aliphatic heterocycles. The molecule has 21 heavy (non-hydrogen) atoms. The van der Waals surface area contributed by atoms with E-state index in [9.17, 15) is 0 Å². The maximum absolute atomic E-state index is 5.25. The molecular formula is C16H23N3OS. The molecule has 0 aliphatic rings. The van der Waals surface area contributed by atoms with Crippen LogP contribution in [0.2, 0.25) is 0 Å². The van der Waals surface area contributed by atoms with Crippen molar-refractivity contribution >= 4 is 11.8 Å². The van der Waals surface area contributed by atoms with Crippen molar-refractivity contribution in [2.24, 2.45) is 0 Å². The molecule has 0 saturated carbocycles. The van der Waals surface area contributed by atoms with Gasteiger partial charge in [-0.1, -0.05) is 38.1 Å². The van der Waals surface area contributed by atoms with E-state index in [1.807, 2.05) is 0 Å². The van der Waals surface area contributed by atoms with Crippen LogP contribution in [0.1, 0.15) is 44.5 Å².